The average molecular weight is 351 g/mol. The van der Waals surface area contributed by atoms with Gasteiger partial charge < -0.3 is 10.5 Å². The molecule has 1 aliphatic carbocycles. The maximum absolute atomic E-state index is 13.9. The molecule has 0 radical (unpaired) electrons. The van der Waals surface area contributed by atoms with Gasteiger partial charge in [-0.3, -0.25) is 0 Å². The summed E-state index contributed by atoms with van der Waals surface area (Å²) in [6.07, 6.45) is 4.97. The van der Waals surface area contributed by atoms with E-state index in [0.29, 0.717) is 26.9 Å². The number of benzene rings is 1. The van der Waals surface area contributed by atoms with Crippen LogP contribution >= 0.6 is 23.4 Å². The van der Waals surface area contributed by atoms with Gasteiger partial charge in [0.2, 0.25) is 5.88 Å². The molecular weight excluding hydrogens is 335 g/mol. The summed E-state index contributed by atoms with van der Waals surface area (Å²) in [5.74, 6) is -0.101. The first kappa shape index (κ1) is 16.3. The van der Waals surface area contributed by atoms with E-state index in [1.54, 1.807) is 12.1 Å². The van der Waals surface area contributed by atoms with Crippen LogP contribution in [0.25, 0.3) is 0 Å². The molecule has 0 saturated heterocycles. The van der Waals surface area contributed by atoms with Crippen molar-refractivity contribution < 1.29 is 9.50 Å². The first-order chi connectivity index (χ1) is 11.1. The predicted octanol–water partition coefficient (Wildman–Crippen LogP) is 4.75. The molecule has 6 heteroatoms. The van der Waals surface area contributed by atoms with Crippen molar-refractivity contribution >= 4 is 29.6 Å². The fourth-order valence-corrected chi connectivity index (χ4v) is 4.31. The molecular formula is C17H16ClFN2OS. The summed E-state index contributed by atoms with van der Waals surface area (Å²) in [5.41, 5.74) is 3.03. The highest BCUT2D eigenvalue weighted by molar-refractivity contribution is 7.98. The summed E-state index contributed by atoms with van der Waals surface area (Å²) in [7, 11) is 0. The molecule has 1 heterocycles. The molecule has 0 spiro atoms. The molecule has 0 saturated carbocycles. The Morgan fingerprint density at radius 1 is 1.30 bits per heavy atom. The molecule has 0 amide bonds. The molecule has 0 unspecified atom stereocenters. The van der Waals surface area contributed by atoms with Gasteiger partial charge >= 0.3 is 0 Å². The van der Waals surface area contributed by atoms with Crippen LogP contribution < -0.4 is 0 Å². The maximum atomic E-state index is 13.9. The van der Waals surface area contributed by atoms with E-state index in [-0.39, 0.29) is 11.7 Å². The van der Waals surface area contributed by atoms with Crippen molar-refractivity contribution in [2.75, 3.05) is 0 Å². The van der Waals surface area contributed by atoms with E-state index in [0.717, 1.165) is 43.0 Å². The van der Waals surface area contributed by atoms with Gasteiger partial charge in [-0.25, -0.2) is 9.37 Å². The molecule has 0 fully saturated rings. The van der Waals surface area contributed by atoms with Crippen molar-refractivity contribution in [3.63, 3.8) is 0 Å². The van der Waals surface area contributed by atoms with Gasteiger partial charge in [0.1, 0.15) is 10.8 Å². The second-order valence-electron chi connectivity index (χ2n) is 5.45. The first-order valence-corrected chi connectivity index (χ1v) is 8.79. The van der Waals surface area contributed by atoms with E-state index in [1.807, 2.05) is 0 Å². The van der Waals surface area contributed by atoms with E-state index in [4.69, 9.17) is 17.0 Å². The molecule has 0 bridgehead atoms. The zero-order valence-electron chi connectivity index (χ0n) is 12.4. The second-order valence-corrected chi connectivity index (χ2v) is 6.82. The number of nitrogens with zero attached hydrogens (tertiary/aromatic N) is 1. The van der Waals surface area contributed by atoms with E-state index in [2.05, 4.69) is 4.98 Å². The number of hydrogen-bond acceptors (Lipinski definition) is 4. The van der Waals surface area contributed by atoms with Gasteiger partial charge in [0.15, 0.2) is 0 Å². The van der Waals surface area contributed by atoms with Crippen LogP contribution in [0.3, 0.4) is 0 Å². The quantitative estimate of drug-likeness (QED) is 0.618. The topological polar surface area (TPSA) is 57.0 Å². The molecule has 3 nitrogen and oxygen atoms in total. The lowest BCUT2D eigenvalue weighted by molar-refractivity contribution is 0.443. The molecule has 120 valence electrons. The largest absolute Gasteiger partial charge is 0.493 e. The smallest absolute Gasteiger partial charge is 0.221 e. The molecule has 3 rings (SSSR count). The minimum Gasteiger partial charge on any atom is -0.493 e. The van der Waals surface area contributed by atoms with Crippen molar-refractivity contribution in [1.82, 2.24) is 4.98 Å². The Morgan fingerprint density at radius 2 is 2.04 bits per heavy atom. The van der Waals surface area contributed by atoms with Crippen LogP contribution in [-0.4, -0.2) is 16.3 Å². The highest BCUT2D eigenvalue weighted by atomic mass is 35.5. The number of nitrogens with one attached hydrogen (secondary N) is 1. The lowest BCUT2D eigenvalue weighted by Crippen LogP contribution is -2.10. The summed E-state index contributed by atoms with van der Waals surface area (Å²) in [6.45, 7) is 0. The molecule has 23 heavy (non-hydrogen) atoms. The van der Waals surface area contributed by atoms with E-state index in [9.17, 15) is 9.50 Å². The van der Waals surface area contributed by atoms with Gasteiger partial charge in [0.25, 0.3) is 0 Å². The number of aromatic nitrogens is 1. The van der Waals surface area contributed by atoms with Crippen LogP contribution in [0.5, 0.6) is 5.88 Å². The highest BCUT2D eigenvalue weighted by Crippen LogP contribution is 2.37. The van der Waals surface area contributed by atoms with Crippen LogP contribution in [0.15, 0.2) is 23.2 Å². The third-order valence-corrected chi connectivity index (χ3v) is 5.46. The molecule has 0 aliphatic heterocycles. The number of thioether (sulfide) groups is 1. The average Bonchev–Trinajstić information content (AvgIpc) is 2.54. The van der Waals surface area contributed by atoms with Gasteiger partial charge in [-0.1, -0.05) is 17.7 Å². The number of aromatic hydroxyl groups is 1. The molecule has 1 aliphatic rings. The van der Waals surface area contributed by atoms with E-state index >= 15 is 0 Å². The van der Waals surface area contributed by atoms with E-state index in [1.165, 1.54) is 17.8 Å². The summed E-state index contributed by atoms with van der Waals surface area (Å²) < 4.78 is 13.9. The molecule has 2 N–H and O–H groups in total. The van der Waals surface area contributed by atoms with Crippen molar-refractivity contribution in [1.29, 1.82) is 5.41 Å². The first-order valence-electron chi connectivity index (χ1n) is 7.42. The fourth-order valence-electron chi connectivity index (χ4n) is 2.88. The fraction of sp³-hybridized carbons (Fsp3) is 0.294. The van der Waals surface area contributed by atoms with Gasteiger partial charge in [-0.05, 0) is 48.9 Å². The summed E-state index contributed by atoms with van der Waals surface area (Å²) >= 11 is 7.44. The lowest BCUT2D eigenvalue weighted by atomic mass is 9.90. The monoisotopic (exact) mass is 350 g/mol. The number of rotatable bonds is 4. The summed E-state index contributed by atoms with van der Waals surface area (Å²) in [4.78, 5) is 4.23. The Bertz CT molecular complexity index is 746. The summed E-state index contributed by atoms with van der Waals surface area (Å²) in [6, 6.07) is 4.63. The normalized spacial score (nSPS) is 13.7. The zero-order chi connectivity index (χ0) is 16.4. The maximum Gasteiger partial charge on any atom is 0.221 e. The van der Waals surface area contributed by atoms with Crippen LogP contribution in [0, 0.1) is 11.2 Å². The molecule has 0 atom stereocenters. The van der Waals surface area contributed by atoms with Crippen LogP contribution in [-0.2, 0) is 18.6 Å². The van der Waals surface area contributed by atoms with Crippen molar-refractivity contribution in [2.45, 2.75) is 36.5 Å². The second kappa shape index (κ2) is 6.89. The molecule has 1 aromatic carbocycles. The third kappa shape index (κ3) is 3.21. The van der Waals surface area contributed by atoms with E-state index < -0.39 is 0 Å². The lowest BCUT2D eigenvalue weighted by Gasteiger charge is -2.21. The predicted molar refractivity (Wildman–Crippen MR) is 91.4 cm³/mol. The Labute approximate surface area is 143 Å². The highest BCUT2D eigenvalue weighted by Gasteiger charge is 2.21. The van der Waals surface area contributed by atoms with Gasteiger partial charge in [0, 0.05) is 22.6 Å². The summed E-state index contributed by atoms with van der Waals surface area (Å²) in [5, 5.41) is 18.7. The van der Waals surface area contributed by atoms with Gasteiger partial charge in [0.05, 0.1) is 5.56 Å². The number of pyridine rings is 1. The SMILES string of the molecule is N=Cc1c(O)nc(SCc2c(F)cccc2Cl)c2c1CCCC2. The van der Waals surface area contributed by atoms with Gasteiger partial charge in [-0.15, -0.1) is 11.8 Å². The molecule has 2 aromatic rings. The standard InChI is InChI=1S/C17H16ClFN2OS/c18-14-6-3-7-15(19)13(14)9-23-17-11-5-2-1-4-10(11)12(8-20)16(22)21-17/h3,6-8,20H,1-2,4-5,9H2,(H,21,22). The van der Waals surface area contributed by atoms with Crippen molar-refractivity contribution in [3.05, 3.63) is 51.3 Å². The number of fused-ring (bicyclic) bond motifs is 1. The Morgan fingerprint density at radius 3 is 2.74 bits per heavy atom. The molecule has 1 aromatic heterocycles. The Kier molecular flexibility index (Phi) is 4.87. The Balaban J connectivity index is 1.94. The Hall–Kier alpha value is -1.59. The number of hydrogen-bond donors (Lipinski definition) is 2. The minimum atomic E-state index is -0.334. The van der Waals surface area contributed by atoms with Crippen molar-refractivity contribution in [3.8, 4) is 5.88 Å². The van der Waals surface area contributed by atoms with Gasteiger partial charge in [-0.2, -0.15) is 0 Å². The van der Waals surface area contributed by atoms with Crippen LogP contribution in [0.2, 0.25) is 5.02 Å². The zero-order valence-corrected chi connectivity index (χ0v) is 14.0. The third-order valence-electron chi connectivity index (χ3n) is 4.06. The number of halogens is 2. The minimum absolute atomic E-state index is 0.122. The van der Waals surface area contributed by atoms with Crippen molar-refractivity contribution in [2.24, 2.45) is 0 Å². The van der Waals surface area contributed by atoms with Crippen LogP contribution in [0.4, 0.5) is 4.39 Å². The van der Waals surface area contributed by atoms with Crippen LogP contribution in [0.1, 0.15) is 35.1 Å².